The number of hydrogen-bond acceptors (Lipinski definition) is 3. The van der Waals surface area contributed by atoms with E-state index in [1.807, 2.05) is 6.07 Å². The molecule has 1 heterocycles. The van der Waals surface area contributed by atoms with E-state index in [9.17, 15) is 9.90 Å². The van der Waals surface area contributed by atoms with Gasteiger partial charge >= 0.3 is 120 Å². The average Bonchev–Trinajstić information content (AvgIpc) is 2.45. The molecule has 1 aliphatic heterocycles. The predicted molar refractivity (Wildman–Crippen MR) is 75.5 cm³/mol. The van der Waals surface area contributed by atoms with Crippen LogP contribution in [0.5, 0.6) is 0 Å². The average molecular weight is 327 g/mol. The Balaban J connectivity index is 1.77. The van der Waals surface area contributed by atoms with Crippen LogP contribution in [0.2, 0.25) is 5.32 Å². The number of aliphatic hydroxyl groups excluding tert-OH is 1. The molecule has 4 heteroatoms. The van der Waals surface area contributed by atoms with Gasteiger partial charge in [0.15, 0.2) is 0 Å². The van der Waals surface area contributed by atoms with E-state index < -0.39 is 0 Å². The maximum absolute atomic E-state index is 11.3. The molecular weight excluding hydrogens is 307 g/mol. The van der Waals surface area contributed by atoms with Gasteiger partial charge in [-0.3, -0.25) is 0 Å². The predicted octanol–water partition coefficient (Wildman–Crippen LogP) is 1.39. The fourth-order valence-corrected chi connectivity index (χ4v) is 4.53. The van der Waals surface area contributed by atoms with Crippen molar-refractivity contribution in [2.45, 2.75) is 24.6 Å². The van der Waals surface area contributed by atoms with Crippen molar-refractivity contribution in [1.29, 1.82) is 0 Å². The van der Waals surface area contributed by atoms with E-state index in [-0.39, 0.29) is 18.5 Å². The third-order valence-corrected chi connectivity index (χ3v) is 5.78. The number of carbonyl (C=O) groups excluding carboxylic acids is 1. The minimum absolute atomic E-state index is 0.108. The topological polar surface area (TPSA) is 46.5 Å². The van der Waals surface area contributed by atoms with Gasteiger partial charge in [-0.2, -0.15) is 0 Å². The molecule has 0 saturated carbocycles. The van der Waals surface area contributed by atoms with Gasteiger partial charge in [0.05, 0.1) is 0 Å². The van der Waals surface area contributed by atoms with E-state index in [0.717, 1.165) is 18.2 Å². The van der Waals surface area contributed by atoms with Crippen LogP contribution in [0.15, 0.2) is 30.3 Å². The fourth-order valence-electron chi connectivity index (χ4n) is 2.42. The number of esters is 1. The summed E-state index contributed by atoms with van der Waals surface area (Å²) in [5.41, 5.74) is 0. The van der Waals surface area contributed by atoms with E-state index >= 15 is 0 Å². The summed E-state index contributed by atoms with van der Waals surface area (Å²) in [6, 6.07) is 10.5. The quantitative estimate of drug-likeness (QED) is 0.634. The number of aliphatic hydroxyl groups is 1. The number of hydrogen-bond donors (Lipinski definition) is 1. The van der Waals surface area contributed by atoms with Crippen molar-refractivity contribution in [3.8, 4) is 0 Å². The van der Waals surface area contributed by atoms with Crippen molar-refractivity contribution >= 4 is 25.4 Å². The molecule has 0 aliphatic carbocycles. The molecule has 1 fully saturated rings. The van der Waals surface area contributed by atoms with Gasteiger partial charge in [-0.05, 0) is 0 Å². The number of cyclic esters (lactones) is 1. The molecule has 3 nitrogen and oxygen atoms in total. The van der Waals surface area contributed by atoms with Crippen LogP contribution in [0.3, 0.4) is 0 Å². The summed E-state index contributed by atoms with van der Waals surface area (Å²) in [6.45, 7) is 0.701. The van der Waals surface area contributed by atoms with Gasteiger partial charge in [0.2, 0.25) is 0 Å². The SMILES string of the molecule is O=C1C[C@H]([C@H](CO)CC[Se]c2ccccc2)CCO1. The summed E-state index contributed by atoms with van der Waals surface area (Å²) in [6.07, 6.45) is 2.38. The number of benzene rings is 1. The Morgan fingerprint density at radius 3 is 2.84 bits per heavy atom. The van der Waals surface area contributed by atoms with E-state index in [2.05, 4.69) is 24.3 Å². The van der Waals surface area contributed by atoms with Gasteiger partial charge in [-0.25, -0.2) is 0 Å². The van der Waals surface area contributed by atoms with Crippen LogP contribution in [0.4, 0.5) is 0 Å². The van der Waals surface area contributed by atoms with Crippen molar-refractivity contribution in [3.05, 3.63) is 30.3 Å². The Bertz CT molecular complexity index is 394. The normalized spacial score (nSPS) is 20.9. The number of ether oxygens (including phenoxy) is 1. The number of rotatable bonds is 6. The molecule has 104 valence electrons. The first-order valence-corrected chi connectivity index (χ1v) is 8.80. The van der Waals surface area contributed by atoms with Crippen LogP contribution >= 0.6 is 0 Å². The Labute approximate surface area is 120 Å². The molecule has 1 saturated heterocycles. The van der Waals surface area contributed by atoms with E-state index in [0.29, 0.717) is 33.9 Å². The molecule has 19 heavy (non-hydrogen) atoms. The molecular formula is C15H20O3Se. The Hall–Kier alpha value is -0.831. The first kappa shape index (κ1) is 14.6. The summed E-state index contributed by atoms with van der Waals surface area (Å²) >= 11 is 0.462. The van der Waals surface area contributed by atoms with Gasteiger partial charge in [-0.1, -0.05) is 0 Å². The van der Waals surface area contributed by atoms with Crippen molar-refractivity contribution in [3.63, 3.8) is 0 Å². The first-order valence-electron chi connectivity index (χ1n) is 6.74. The minimum atomic E-state index is -0.108. The van der Waals surface area contributed by atoms with Gasteiger partial charge in [0.1, 0.15) is 0 Å². The molecule has 1 aromatic carbocycles. The zero-order chi connectivity index (χ0) is 13.5. The monoisotopic (exact) mass is 328 g/mol. The Kier molecular flexibility index (Phi) is 5.90. The van der Waals surface area contributed by atoms with Crippen LogP contribution in [-0.2, 0) is 9.53 Å². The van der Waals surface area contributed by atoms with Crippen LogP contribution in [0.25, 0.3) is 0 Å². The van der Waals surface area contributed by atoms with Gasteiger partial charge in [-0.15, -0.1) is 0 Å². The second-order valence-electron chi connectivity index (χ2n) is 4.87. The van der Waals surface area contributed by atoms with Gasteiger partial charge < -0.3 is 0 Å². The zero-order valence-corrected chi connectivity index (χ0v) is 12.7. The molecule has 0 bridgehead atoms. The molecule has 1 aliphatic rings. The molecule has 0 amide bonds. The zero-order valence-electron chi connectivity index (χ0n) is 11.0. The summed E-state index contributed by atoms with van der Waals surface area (Å²) in [5, 5.41) is 10.6. The van der Waals surface area contributed by atoms with E-state index in [1.54, 1.807) is 0 Å². The van der Waals surface area contributed by atoms with Crippen LogP contribution in [0.1, 0.15) is 19.3 Å². The molecule has 2 atom stereocenters. The second kappa shape index (κ2) is 7.68. The van der Waals surface area contributed by atoms with Crippen molar-refractivity contribution in [2.24, 2.45) is 11.8 Å². The van der Waals surface area contributed by atoms with Crippen molar-refractivity contribution < 1.29 is 14.6 Å². The summed E-state index contributed by atoms with van der Waals surface area (Å²) in [5.74, 6) is 0.444. The summed E-state index contributed by atoms with van der Waals surface area (Å²) < 4.78 is 6.36. The molecule has 1 N–H and O–H groups in total. The maximum atomic E-state index is 11.3. The Morgan fingerprint density at radius 2 is 2.16 bits per heavy atom. The van der Waals surface area contributed by atoms with E-state index in [1.165, 1.54) is 4.46 Å². The third-order valence-electron chi connectivity index (χ3n) is 3.58. The van der Waals surface area contributed by atoms with Crippen molar-refractivity contribution in [2.75, 3.05) is 13.2 Å². The molecule has 0 aromatic heterocycles. The van der Waals surface area contributed by atoms with Crippen LogP contribution in [-0.4, -0.2) is 39.2 Å². The van der Waals surface area contributed by atoms with Crippen LogP contribution in [0, 0.1) is 11.8 Å². The van der Waals surface area contributed by atoms with Crippen LogP contribution < -0.4 is 4.46 Å². The van der Waals surface area contributed by atoms with Crippen molar-refractivity contribution in [1.82, 2.24) is 0 Å². The first-order chi connectivity index (χ1) is 9.29. The fraction of sp³-hybridized carbons (Fsp3) is 0.533. The second-order valence-corrected chi connectivity index (χ2v) is 7.32. The molecule has 2 rings (SSSR count). The van der Waals surface area contributed by atoms with Gasteiger partial charge in [0.25, 0.3) is 0 Å². The standard InChI is InChI=1S/C15H20O3Se/c16-11-13(12-6-8-18-15(17)10-12)7-9-19-14-4-2-1-3-5-14/h1-5,12-13,16H,6-11H2/t12-,13+/m1/s1. The molecule has 0 spiro atoms. The van der Waals surface area contributed by atoms with Gasteiger partial charge in [0, 0.05) is 0 Å². The summed E-state index contributed by atoms with van der Waals surface area (Å²) in [4.78, 5) is 11.3. The van der Waals surface area contributed by atoms with E-state index in [4.69, 9.17) is 4.74 Å². The molecule has 0 radical (unpaired) electrons. The third kappa shape index (κ3) is 4.64. The Morgan fingerprint density at radius 1 is 1.37 bits per heavy atom. The molecule has 0 unspecified atom stereocenters. The number of carbonyl (C=O) groups is 1. The summed E-state index contributed by atoms with van der Waals surface area (Å²) in [7, 11) is 0. The molecule has 1 aromatic rings.